The average molecular weight is 583 g/mol. The summed E-state index contributed by atoms with van der Waals surface area (Å²) in [5.41, 5.74) is 0.900. The van der Waals surface area contributed by atoms with Crippen LogP contribution in [0.1, 0.15) is 49.8 Å². The summed E-state index contributed by atoms with van der Waals surface area (Å²) >= 11 is 0. The Hall–Kier alpha value is -3.45. The first-order valence-corrected chi connectivity index (χ1v) is 14.2. The van der Waals surface area contributed by atoms with Gasteiger partial charge in [-0.25, -0.2) is 8.42 Å². The molecule has 0 spiro atoms. The molecule has 3 amide bonds. The molecule has 1 saturated heterocycles. The number of amides is 3. The number of piperazine rings is 1. The van der Waals surface area contributed by atoms with Gasteiger partial charge in [-0.2, -0.15) is 17.5 Å². The summed E-state index contributed by atoms with van der Waals surface area (Å²) in [4.78, 5) is 38.1. The van der Waals surface area contributed by atoms with Crippen molar-refractivity contribution in [2.75, 3.05) is 26.2 Å². The first-order valence-electron chi connectivity index (χ1n) is 12.8. The van der Waals surface area contributed by atoms with Gasteiger partial charge in [0.05, 0.1) is 10.5 Å². The van der Waals surface area contributed by atoms with E-state index < -0.39 is 38.6 Å². The molecular formula is C27H33F3N4O5S. The van der Waals surface area contributed by atoms with Crippen molar-refractivity contribution >= 4 is 27.7 Å². The normalized spacial score (nSPS) is 16.6. The molecule has 0 bridgehead atoms. The summed E-state index contributed by atoms with van der Waals surface area (Å²) in [5, 5.41) is 5.25. The van der Waals surface area contributed by atoms with Crippen LogP contribution in [-0.2, 0) is 37.1 Å². The molecule has 1 atom stereocenters. The zero-order valence-electron chi connectivity index (χ0n) is 22.5. The van der Waals surface area contributed by atoms with E-state index >= 15 is 0 Å². The lowest BCUT2D eigenvalue weighted by molar-refractivity contribution is -0.138. The quantitative estimate of drug-likeness (QED) is 0.472. The summed E-state index contributed by atoms with van der Waals surface area (Å²) in [6.07, 6.45) is -4.68. The Bertz CT molecular complexity index is 1310. The number of sulfonamides is 1. The van der Waals surface area contributed by atoms with E-state index in [1.54, 1.807) is 0 Å². The summed E-state index contributed by atoms with van der Waals surface area (Å²) in [7, 11) is -4.38. The van der Waals surface area contributed by atoms with Crippen LogP contribution >= 0.6 is 0 Å². The molecule has 0 radical (unpaired) electrons. The van der Waals surface area contributed by atoms with E-state index in [2.05, 4.69) is 24.5 Å². The second kappa shape index (κ2) is 12.8. The molecule has 2 N–H and O–H groups in total. The highest BCUT2D eigenvalue weighted by atomic mass is 32.2. The van der Waals surface area contributed by atoms with Gasteiger partial charge >= 0.3 is 6.18 Å². The van der Waals surface area contributed by atoms with Gasteiger partial charge in [0.25, 0.3) is 0 Å². The molecule has 1 aliphatic rings. The van der Waals surface area contributed by atoms with E-state index in [0.29, 0.717) is 18.1 Å². The van der Waals surface area contributed by atoms with Gasteiger partial charge in [0.2, 0.25) is 27.7 Å². The third-order valence-corrected chi connectivity index (χ3v) is 8.52. The zero-order valence-corrected chi connectivity index (χ0v) is 23.3. The van der Waals surface area contributed by atoms with Crippen LogP contribution in [0.25, 0.3) is 0 Å². The monoisotopic (exact) mass is 582 g/mol. The first-order chi connectivity index (χ1) is 18.7. The van der Waals surface area contributed by atoms with E-state index in [4.69, 9.17) is 0 Å². The number of nitrogens with one attached hydrogen (secondary N) is 2. The van der Waals surface area contributed by atoms with Crippen molar-refractivity contribution in [3.05, 3.63) is 65.2 Å². The minimum absolute atomic E-state index is 0.0286. The fourth-order valence-corrected chi connectivity index (χ4v) is 5.85. The Morgan fingerprint density at radius 2 is 1.60 bits per heavy atom. The number of rotatable bonds is 9. The maximum absolute atomic E-state index is 13.5. The minimum atomic E-state index is -4.64. The van der Waals surface area contributed by atoms with Gasteiger partial charge in [-0.3, -0.25) is 14.4 Å². The van der Waals surface area contributed by atoms with E-state index in [1.807, 2.05) is 24.3 Å². The van der Waals surface area contributed by atoms with Crippen molar-refractivity contribution in [3.63, 3.8) is 0 Å². The van der Waals surface area contributed by atoms with Crippen LogP contribution in [0.3, 0.4) is 0 Å². The van der Waals surface area contributed by atoms with Crippen LogP contribution in [0.2, 0.25) is 0 Å². The maximum atomic E-state index is 13.5. The van der Waals surface area contributed by atoms with Crippen molar-refractivity contribution in [1.29, 1.82) is 0 Å². The third-order valence-electron chi connectivity index (χ3n) is 6.60. The first kappa shape index (κ1) is 31.1. The predicted octanol–water partition coefficient (Wildman–Crippen LogP) is 2.87. The van der Waals surface area contributed by atoms with Gasteiger partial charge in [-0.05, 0) is 41.3 Å². The molecule has 9 nitrogen and oxygen atoms in total. The molecule has 40 heavy (non-hydrogen) atoms. The maximum Gasteiger partial charge on any atom is 0.416 e. The summed E-state index contributed by atoms with van der Waals surface area (Å²) in [6.45, 7) is 5.09. The third kappa shape index (κ3) is 7.81. The average Bonchev–Trinajstić information content (AvgIpc) is 2.90. The highest BCUT2D eigenvalue weighted by Gasteiger charge is 2.41. The topological polar surface area (TPSA) is 116 Å². The zero-order chi connectivity index (χ0) is 29.7. The fraction of sp³-hybridized carbons (Fsp3) is 0.444. The van der Waals surface area contributed by atoms with E-state index in [9.17, 15) is 36.0 Å². The van der Waals surface area contributed by atoms with Gasteiger partial charge in [0, 0.05) is 46.1 Å². The van der Waals surface area contributed by atoms with Crippen LogP contribution in [0.5, 0.6) is 0 Å². The number of nitrogens with zero attached hydrogens (tertiary/aromatic N) is 2. The van der Waals surface area contributed by atoms with Gasteiger partial charge in [-0.1, -0.05) is 38.1 Å². The molecule has 0 unspecified atom stereocenters. The number of halogens is 3. The SMILES string of the molecule is CC(=O)NCCC(=O)N1CCN(S(=O)(=O)c2ccc(C(F)(F)F)cc2)[C@@H](C(=O)NCc2ccc(C(C)C)cc2)C1. The molecule has 1 heterocycles. The number of carbonyl (C=O) groups is 3. The van der Waals surface area contributed by atoms with Gasteiger partial charge in [0.15, 0.2) is 0 Å². The van der Waals surface area contributed by atoms with Crippen molar-refractivity contribution in [2.24, 2.45) is 0 Å². The summed E-state index contributed by atoms with van der Waals surface area (Å²) < 4.78 is 66.9. The van der Waals surface area contributed by atoms with Crippen molar-refractivity contribution in [1.82, 2.24) is 19.8 Å². The fourth-order valence-electron chi connectivity index (χ4n) is 4.28. The smallest absolute Gasteiger partial charge is 0.356 e. The molecule has 1 fully saturated rings. The van der Waals surface area contributed by atoms with E-state index in [1.165, 1.54) is 11.8 Å². The highest BCUT2D eigenvalue weighted by Crippen LogP contribution is 2.31. The Labute approximate surface area is 231 Å². The molecule has 2 aromatic carbocycles. The van der Waals surface area contributed by atoms with Crippen LogP contribution in [0, 0.1) is 0 Å². The van der Waals surface area contributed by atoms with Gasteiger partial charge in [-0.15, -0.1) is 0 Å². The Morgan fingerprint density at radius 3 is 2.15 bits per heavy atom. The van der Waals surface area contributed by atoms with Crippen LogP contribution < -0.4 is 10.6 Å². The molecule has 0 aromatic heterocycles. The van der Waals surface area contributed by atoms with Crippen LogP contribution in [0.15, 0.2) is 53.4 Å². The highest BCUT2D eigenvalue weighted by molar-refractivity contribution is 7.89. The number of alkyl halides is 3. The predicted molar refractivity (Wildman–Crippen MR) is 141 cm³/mol. The van der Waals surface area contributed by atoms with Crippen LogP contribution in [0.4, 0.5) is 13.2 Å². The molecule has 3 rings (SSSR count). The lowest BCUT2D eigenvalue weighted by Crippen LogP contribution is -2.61. The molecule has 13 heteroatoms. The number of hydrogen-bond donors (Lipinski definition) is 2. The molecule has 218 valence electrons. The van der Waals surface area contributed by atoms with Crippen molar-refractivity contribution < 1.29 is 36.0 Å². The molecular weight excluding hydrogens is 549 g/mol. The Morgan fingerprint density at radius 1 is 0.975 bits per heavy atom. The molecule has 0 saturated carbocycles. The molecule has 0 aliphatic carbocycles. The Balaban J connectivity index is 1.82. The Kier molecular flexibility index (Phi) is 9.96. The minimum Gasteiger partial charge on any atom is -0.356 e. The van der Waals surface area contributed by atoms with Gasteiger partial charge < -0.3 is 15.5 Å². The van der Waals surface area contributed by atoms with Crippen molar-refractivity contribution in [2.45, 2.75) is 56.8 Å². The molecule has 1 aliphatic heterocycles. The number of carbonyl (C=O) groups excluding carboxylic acids is 3. The van der Waals surface area contributed by atoms with E-state index in [-0.39, 0.29) is 51.0 Å². The summed E-state index contributed by atoms with van der Waals surface area (Å²) in [5.74, 6) is -1.01. The summed E-state index contributed by atoms with van der Waals surface area (Å²) in [6, 6.07) is 9.31. The lowest BCUT2D eigenvalue weighted by Gasteiger charge is -2.39. The second-order valence-electron chi connectivity index (χ2n) is 9.84. The number of benzene rings is 2. The second-order valence-corrected chi connectivity index (χ2v) is 11.7. The number of hydrogen-bond acceptors (Lipinski definition) is 5. The van der Waals surface area contributed by atoms with Gasteiger partial charge in [0.1, 0.15) is 6.04 Å². The standard InChI is InChI=1S/C27H33F3N4O5S/c1-18(2)21-6-4-20(5-7-21)16-32-26(37)24-17-33(25(36)12-13-31-19(3)35)14-15-34(24)40(38,39)23-10-8-22(9-11-23)27(28,29)30/h4-11,18,24H,12-17H2,1-3H3,(H,31,35)(H,32,37)/t24-/m1/s1. The van der Waals surface area contributed by atoms with Crippen LogP contribution in [-0.4, -0.2) is 67.6 Å². The van der Waals surface area contributed by atoms with E-state index in [0.717, 1.165) is 27.6 Å². The lowest BCUT2D eigenvalue weighted by atomic mass is 10.0. The largest absolute Gasteiger partial charge is 0.416 e. The van der Waals surface area contributed by atoms with Crippen molar-refractivity contribution in [3.8, 4) is 0 Å². The molecule has 2 aromatic rings.